The van der Waals surface area contributed by atoms with E-state index in [-0.39, 0.29) is 31.1 Å². The number of oxime groups is 1. The molecule has 0 aromatic heterocycles. The molecule has 0 fully saturated rings. The fraction of sp³-hybridized carbons (Fsp3) is 0.188. The van der Waals surface area contributed by atoms with Crippen LogP contribution in [-0.2, 0) is 20.9 Å². The largest absolute Gasteiger partial charge is 0.493 e. The lowest BCUT2D eigenvalue weighted by molar-refractivity contribution is -0.462. The molecule has 0 spiro atoms. The highest BCUT2D eigenvalue weighted by Gasteiger charge is 2.39. The first-order valence-corrected chi connectivity index (χ1v) is 15.4. The Morgan fingerprint density at radius 3 is 1.34 bits per heavy atom. The van der Waals surface area contributed by atoms with E-state index in [1.54, 1.807) is 0 Å². The highest BCUT2D eigenvalue weighted by atomic mass is 32.2. The van der Waals surface area contributed by atoms with Crippen LogP contribution < -0.4 is 9.47 Å². The van der Waals surface area contributed by atoms with E-state index in [0.29, 0.717) is 0 Å². The highest BCUT2D eigenvalue weighted by molar-refractivity contribution is 7.94. The molecule has 0 unspecified atom stereocenters. The number of hydrogen-bond acceptors (Lipinski definition) is 8. The lowest BCUT2D eigenvalue weighted by atomic mass is 10.1. The molecule has 0 heterocycles. The zero-order chi connectivity index (χ0) is 41.5. The van der Waals surface area contributed by atoms with E-state index in [1.165, 1.54) is 0 Å². The molecule has 4 aromatic carbocycles. The smallest absolute Gasteiger partial charge is 0.437 e. The summed E-state index contributed by atoms with van der Waals surface area (Å²) in [6.45, 7) is -1.75. The third kappa shape index (κ3) is 10.3. The molecule has 56 heavy (non-hydrogen) atoms. The summed E-state index contributed by atoms with van der Waals surface area (Å²) in [4.78, 5) is 5.31. The Labute approximate surface area is 306 Å². The first-order valence-electron chi connectivity index (χ1n) is 14.7. The minimum Gasteiger partial charge on any atom is -0.493 e. The van der Waals surface area contributed by atoms with Crippen LogP contribution in [0, 0.1) is 58.2 Å². The van der Waals surface area contributed by atoms with Crippen LogP contribution in [0.3, 0.4) is 0 Å². The molecule has 24 heteroatoms. The SMILES string of the molecule is Fc1c(F)c(F)c(C/N=C(/c2ccc(OCCCOc3ccc(/C(=N\OOOSc4c(F)c(F)c(F)c(F)c4F)C(F)(F)F)cc3)cc2)C(F)(F)F)c(F)c1F. The number of rotatable bonds is 15. The van der Waals surface area contributed by atoms with E-state index in [4.69, 9.17) is 9.47 Å². The molecule has 0 atom stereocenters. The predicted octanol–water partition coefficient (Wildman–Crippen LogP) is 10.3. The molecule has 0 aliphatic carbocycles. The summed E-state index contributed by atoms with van der Waals surface area (Å²) in [6.07, 6.45) is -10.3. The van der Waals surface area contributed by atoms with Gasteiger partial charge < -0.3 is 9.47 Å². The molecule has 0 aliphatic heterocycles. The maximum atomic E-state index is 13.9. The molecule has 0 bridgehead atoms. The van der Waals surface area contributed by atoms with Crippen LogP contribution in [0.5, 0.6) is 11.5 Å². The Kier molecular flexibility index (Phi) is 14.1. The maximum absolute atomic E-state index is 13.9. The average Bonchev–Trinajstić information content (AvgIpc) is 3.15. The van der Waals surface area contributed by atoms with E-state index in [2.05, 4.69) is 24.5 Å². The zero-order valence-electron chi connectivity index (χ0n) is 26.8. The summed E-state index contributed by atoms with van der Waals surface area (Å²) < 4.78 is 231. The second kappa shape index (κ2) is 18.1. The van der Waals surface area contributed by atoms with Gasteiger partial charge in [-0.15, -0.1) is 4.33 Å². The number of benzene rings is 4. The summed E-state index contributed by atoms with van der Waals surface area (Å²) in [5.41, 5.74) is -6.28. The molecule has 7 nitrogen and oxygen atoms in total. The molecule has 0 aliphatic rings. The maximum Gasteiger partial charge on any atom is 0.437 e. The number of aliphatic imine (C=N–C) groups is 1. The van der Waals surface area contributed by atoms with Crippen molar-refractivity contribution in [3.05, 3.63) is 123 Å². The van der Waals surface area contributed by atoms with Crippen molar-refractivity contribution < 1.29 is 94.1 Å². The normalized spacial score (nSPS) is 12.6. The zero-order valence-corrected chi connectivity index (χ0v) is 27.7. The van der Waals surface area contributed by atoms with Gasteiger partial charge in [0.25, 0.3) is 0 Å². The number of nitrogens with zero attached hydrogens (tertiary/aromatic N) is 2. The van der Waals surface area contributed by atoms with E-state index >= 15 is 0 Å². The van der Waals surface area contributed by atoms with Crippen LogP contribution in [0.25, 0.3) is 0 Å². The van der Waals surface area contributed by atoms with Crippen LogP contribution >= 0.6 is 12.0 Å². The Balaban J connectivity index is 1.28. The van der Waals surface area contributed by atoms with Crippen molar-refractivity contribution in [2.45, 2.75) is 30.2 Å². The molecule has 4 aromatic rings. The predicted molar refractivity (Wildman–Crippen MR) is 159 cm³/mol. The van der Waals surface area contributed by atoms with Crippen molar-refractivity contribution in [1.82, 2.24) is 0 Å². The van der Waals surface area contributed by atoms with Gasteiger partial charge in [-0.3, -0.25) is 4.99 Å². The summed E-state index contributed by atoms with van der Waals surface area (Å²) >= 11 is -0.625. The summed E-state index contributed by atoms with van der Waals surface area (Å²) in [5, 5.41) is 6.42. The molecule has 4 rings (SSSR count). The molecular formula is C32H16F16N2O5S. The topological polar surface area (TPSA) is 70.9 Å². The molecule has 0 radical (unpaired) electrons. The van der Waals surface area contributed by atoms with Gasteiger partial charge in [-0.1, -0.05) is 0 Å². The van der Waals surface area contributed by atoms with Crippen molar-refractivity contribution in [3.63, 3.8) is 0 Å². The third-order valence-corrected chi connectivity index (χ3v) is 7.44. The van der Waals surface area contributed by atoms with Crippen LogP contribution in [0.1, 0.15) is 23.1 Å². The van der Waals surface area contributed by atoms with E-state index in [0.717, 1.165) is 48.5 Å². The molecule has 302 valence electrons. The van der Waals surface area contributed by atoms with Crippen molar-refractivity contribution in [3.8, 4) is 11.5 Å². The second-order valence-electron chi connectivity index (χ2n) is 10.4. The van der Waals surface area contributed by atoms with Gasteiger partial charge in [0.05, 0.1) is 37.4 Å². The monoisotopic (exact) mass is 844 g/mol. The van der Waals surface area contributed by atoms with E-state index in [1.807, 2.05) is 0 Å². The summed E-state index contributed by atoms with van der Waals surface area (Å²) in [6, 6.07) is 7.71. The van der Waals surface area contributed by atoms with Gasteiger partial charge in [-0.05, 0) is 53.7 Å². The second-order valence-corrected chi connectivity index (χ2v) is 11.2. The summed E-state index contributed by atoms with van der Waals surface area (Å²) in [5.74, 6) is -23.6. The molecule has 0 N–H and O–H groups in total. The number of hydrogen-bond donors (Lipinski definition) is 0. The van der Waals surface area contributed by atoms with Gasteiger partial charge in [0.2, 0.25) is 11.6 Å². The van der Waals surface area contributed by atoms with Gasteiger partial charge in [0.1, 0.15) is 22.1 Å². The number of alkyl halides is 6. The first kappa shape index (κ1) is 43.5. The minimum absolute atomic E-state index is 0.0196. The number of halogens is 16. The Bertz CT molecular complexity index is 2040. The van der Waals surface area contributed by atoms with Crippen LogP contribution in [0.15, 0.2) is 63.6 Å². The molecular weight excluding hydrogens is 828 g/mol. The Morgan fingerprint density at radius 1 is 0.518 bits per heavy atom. The van der Waals surface area contributed by atoms with Crippen LogP contribution in [0.2, 0.25) is 0 Å². The average molecular weight is 845 g/mol. The van der Waals surface area contributed by atoms with Crippen LogP contribution in [-0.4, -0.2) is 37.0 Å². The lowest BCUT2D eigenvalue weighted by Gasteiger charge is -2.13. The first-order chi connectivity index (χ1) is 26.2. The Hall–Kier alpha value is -5.23. The molecule has 0 saturated heterocycles. The minimum atomic E-state index is -5.22. The third-order valence-electron chi connectivity index (χ3n) is 6.79. The van der Waals surface area contributed by atoms with Gasteiger partial charge >= 0.3 is 12.4 Å². The van der Waals surface area contributed by atoms with E-state index in [9.17, 15) is 70.2 Å². The fourth-order valence-electron chi connectivity index (χ4n) is 4.19. The van der Waals surface area contributed by atoms with Crippen LogP contribution in [0.4, 0.5) is 70.2 Å². The van der Waals surface area contributed by atoms with Gasteiger partial charge in [0, 0.05) is 22.6 Å². The quantitative estimate of drug-likeness (QED) is 0.0174. The number of ether oxygens (including phenoxy) is 2. The van der Waals surface area contributed by atoms with Crippen molar-refractivity contribution >= 4 is 23.5 Å². The molecule has 0 saturated carbocycles. The Morgan fingerprint density at radius 2 is 0.911 bits per heavy atom. The standard InChI is InChI=1S/C32H16F16N2O5S/c33-18-17(19(34)21(36)22(37)20(18)35)12-49-29(31(43,44)45)13-2-6-15(7-3-13)51-10-1-11-52-16-8-4-14(5-9-16)30(32(46,47)48)50-53-54-55-56-28-26(41)24(39)23(38)25(40)27(28)42/h2-9H,1,10-12H2/b49-29-,50-30+. The molecule has 0 amide bonds. The highest BCUT2D eigenvalue weighted by Crippen LogP contribution is 2.32. The van der Waals surface area contributed by atoms with Crippen molar-refractivity contribution in [1.29, 1.82) is 0 Å². The summed E-state index contributed by atoms with van der Waals surface area (Å²) in [7, 11) is 0. The lowest BCUT2D eigenvalue weighted by Crippen LogP contribution is -2.24. The van der Waals surface area contributed by atoms with Gasteiger partial charge in [0.15, 0.2) is 52.2 Å². The van der Waals surface area contributed by atoms with Crippen molar-refractivity contribution in [2.24, 2.45) is 10.1 Å². The fourth-order valence-corrected chi connectivity index (χ4v) is 4.63. The van der Waals surface area contributed by atoms with E-state index < -0.39 is 122 Å². The van der Waals surface area contributed by atoms with Crippen molar-refractivity contribution in [2.75, 3.05) is 13.2 Å². The van der Waals surface area contributed by atoms with Gasteiger partial charge in [-0.2, -0.15) is 31.3 Å². The van der Waals surface area contributed by atoms with Gasteiger partial charge in [-0.25, -0.2) is 43.9 Å².